The van der Waals surface area contributed by atoms with Crippen LogP contribution in [0.15, 0.2) is 22.9 Å². The molecule has 0 bridgehead atoms. The van der Waals surface area contributed by atoms with Gasteiger partial charge in [-0.2, -0.15) is 16.7 Å². The van der Waals surface area contributed by atoms with Crippen molar-refractivity contribution >= 4 is 11.8 Å². The van der Waals surface area contributed by atoms with E-state index >= 15 is 0 Å². The van der Waals surface area contributed by atoms with Gasteiger partial charge in [0.25, 0.3) is 5.89 Å². The first kappa shape index (κ1) is 12.1. The van der Waals surface area contributed by atoms with E-state index in [0.717, 1.165) is 17.1 Å². The molecule has 2 heterocycles. The van der Waals surface area contributed by atoms with E-state index in [9.17, 15) is 0 Å². The Morgan fingerprint density at radius 3 is 2.94 bits per heavy atom. The summed E-state index contributed by atoms with van der Waals surface area (Å²) >= 11 is 1.75. The highest BCUT2D eigenvalue weighted by molar-refractivity contribution is 7.98. The maximum absolute atomic E-state index is 5.50. The lowest BCUT2D eigenvalue weighted by atomic mass is 10.2. The molecular weight excluding hydrogens is 236 g/mol. The van der Waals surface area contributed by atoms with Crippen molar-refractivity contribution in [3.63, 3.8) is 0 Å². The normalized spacial score (nSPS) is 10.7. The van der Waals surface area contributed by atoms with E-state index in [-0.39, 0.29) is 0 Å². The molecule has 6 heteroatoms. The second-order valence-electron chi connectivity index (χ2n) is 3.41. The summed E-state index contributed by atoms with van der Waals surface area (Å²) in [7, 11) is 0. The minimum Gasteiger partial charge on any atom is -0.332 e. The highest BCUT2D eigenvalue weighted by Gasteiger charge is 2.09. The van der Waals surface area contributed by atoms with Crippen molar-refractivity contribution in [1.29, 1.82) is 0 Å². The Morgan fingerprint density at radius 2 is 2.29 bits per heavy atom. The van der Waals surface area contributed by atoms with Crippen LogP contribution >= 0.6 is 11.8 Å². The first-order chi connectivity index (χ1) is 8.33. The second kappa shape index (κ2) is 5.79. The van der Waals surface area contributed by atoms with Gasteiger partial charge in [0, 0.05) is 12.7 Å². The molecular formula is C11H14N4OS. The van der Waals surface area contributed by atoms with E-state index in [1.807, 2.05) is 12.1 Å². The zero-order valence-electron chi connectivity index (χ0n) is 9.59. The zero-order valence-corrected chi connectivity index (χ0v) is 10.4. The minimum atomic E-state index is 0.459. The average molecular weight is 250 g/mol. The molecule has 2 N–H and O–H groups in total. The van der Waals surface area contributed by atoms with Gasteiger partial charge in [-0.25, -0.2) is 0 Å². The molecule has 2 rings (SSSR count). The highest BCUT2D eigenvalue weighted by atomic mass is 32.2. The number of thioether (sulfide) groups is 1. The number of hydrogen-bond acceptors (Lipinski definition) is 6. The van der Waals surface area contributed by atoms with Gasteiger partial charge in [0.2, 0.25) is 0 Å². The Balaban J connectivity index is 2.12. The fourth-order valence-electron chi connectivity index (χ4n) is 1.28. The number of rotatable bonds is 5. The minimum absolute atomic E-state index is 0.459. The fourth-order valence-corrected chi connectivity index (χ4v) is 1.79. The van der Waals surface area contributed by atoms with E-state index in [0.29, 0.717) is 24.0 Å². The van der Waals surface area contributed by atoms with Gasteiger partial charge in [-0.3, -0.25) is 4.98 Å². The van der Waals surface area contributed by atoms with Gasteiger partial charge >= 0.3 is 0 Å². The van der Waals surface area contributed by atoms with Gasteiger partial charge < -0.3 is 10.3 Å². The van der Waals surface area contributed by atoms with Gasteiger partial charge in [0.05, 0.1) is 5.75 Å². The zero-order chi connectivity index (χ0) is 12.1. The van der Waals surface area contributed by atoms with Crippen LogP contribution in [0.1, 0.15) is 18.3 Å². The number of hydrogen-bond donors (Lipinski definition) is 1. The van der Waals surface area contributed by atoms with Crippen LogP contribution in [-0.2, 0) is 12.3 Å². The first-order valence-corrected chi connectivity index (χ1v) is 6.54. The van der Waals surface area contributed by atoms with Crippen molar-refractivity contribution in [1.82, 2.24) is 15.1 Å². The third-order valence-corrected chi connectivity index (χ3v) is 3.05. The lowest BCUT2D eigenvalue weighted by molar-refractivity contribution is 0.424. The molecule has 0 aromatic carbocycles. The van der Waals surface area contributed by atoms with E-state index < -0.39 is 0 Å². The summed E-state index contributed by atoms with van der Waals surface area (Å²) in [6, 6.07) is 3.75. The molecule has 0 spiro atoms. The van der Waals surface area contributed by atoms with Crippen LogP contribution in [-0.4, -0.2) is 20.9 Å². The van der Waals surface area contributed by atoms with Gasteiger partial charge in [-0.05, 0) is 17.4 Å². The monoisotopic (exact) mass is 250 g/mol. The van der Waals surface area contributed by atoms with E-state index in [1.165, 1.54) is 0 Å². The topological polar surface area (TPSA) is 77.8 Å². The molecule has 0 amide bonds. The SMILES string of the molecule is CCSCc1noc(-c2ccc(CN)cn2)n1. The summed E-state index contributed by atoms with van der Waals surface area (Å²) in [6.45, 7) is 2.58. The number of aromatic nitrogens is 3. The molecule has 0 aliphatic rings. The predicted octanol–water partition coefficient (Wildman–Crippen LogP) is 1.84. The first-order valence-electron chi connectivity index (χ1n) is 5.39. The standard InChI is InChI=1S/C11H14N4OS/c1-2-17-7-10-14-11(16-15-10)9-4-3-8(5-12)6-13-9/h3-4,6H,2,5,7,12H2,1H3. The Hall–Kier alpha value is -1.40. The van der Waals surface area contributed by atoms with Crippen molar-refractivity contribution in [3.8, 4) is 11.6 Å². The molecule has 5 nitrogen and oxygen atoms in total. The summed E-state index contributed by atoms with van der Waals surface area (Å²) in [6.07, 6.45) is 1.72. The van der Waals surface area contributed by atoms with E-state index in [2.05, 4.69) is 22.0 Å². The average Bonchev–Trinajstić information content (AvgIpc) is 2.85. The molecule has 0 atom stereocenters. The molecule has 90 valence electrons. The van der Waals surface area contributed by atoms with Crippen LogP contribution in [0.4, 0.5) is 0 Å². The van der Waals surface area contributed by atoms with Crippen LogP contribution in [0.5, 0.6) is 0 Å². The molecule has 0 fully saturated rings. The largest absolute Gasteiger partial charge is 0.332 e. The van der Waals surface area contributed by atoms with Crippen LogP contribution in [0.3, 0.4) is 0 Å². The lowest BCUT2D eigenvalue weighted by Gasteiger charge is -1.96. The van der Waals surface area contributed by atoms with Gasteiger partial charge in [0.1, 0.15) is 5.69 Å². The molecule has 2 aromatic rings. The predicted molar refractivity (Wildman–Crippen MR) is 67.3 cm³/mol. The Morgan fingerprint density at radius 1 is 1.41 bits per heavy atom. The van der Waals surface area contributed by atoms with Crippen molar-refractivity contribution in [3.05, 3.63) is 29.7 Å². The smallest absolute Gasteiger partial charge is 0.276 e. The number of nitrogens with zero attached hydrogens (tertiary/aromatic N) is 3. The highest BCUT2D eigenvalue weighted by Crippen LogP contribution is 2.16. The van der Waals surface area contributed by atoms with E-state index in [4.69, 9.17) is 10.3 Å². The third-order valence-electron chi connectivity index (χ3n) is 2.18. The molecule has 0 saturated heterocycles. The maximum atomic E-state index is 5.50. The molecule has 17 heavy (non-hydrogen) atoms. The second-order valence-corrected chi connectivity index (χ2v) is 4.68. The van der Waals surface area contributed by atoms with Crippen LogP contribution in [0.25, 0.3) is 11.6 Å². The maximum Gasteiger partial charge on any atom is 0.276 e. The van der Waals surface area contributed by atoms with Crippen LogP contribution in [0, 0.1) is 0 Å². The van der Waals surface area contributed by atoms with Gasteiger partial charge in [-0.15, -0.1) is 0 Å². The van der Waals surface area contributed by atoms with E-state index in [1.54, 1.807) is 18.0 Å². The van der Waals surface area contributed by atoms with Gasteiger partial charge in [0.15, 0.2) is 5.82 Å². The fraction of sp³-hybridized carbons (Fsp3) is 0.364. The molecule has 0 aliphatic heterocycles. The summed E-state index contributed by atoms with van der Waals surface area (Å²) in [5.74, 6) is 2.96. The van der Waals surface area contributed by atoms with Gasteiger partial charge in [-0.1, -0.05) is 18.1 Å². The summed E-state index contributed by atoms with van der Waals surface area (Å²) in [5, 5.41) is 3.90. The Bertz CT molecular complexity index is 469. The molecule has 0 radical (unpaired) electrons. The van der Waals surface area contributed by atoms with Crippen molar-refractivity contribution in [2.45, 2.75) is 19.2 Å². The Labute approximate surface area is 104 Å². The molecule has 0 aliphatic carbocycles. The lowest BCUT2D eigenvalue weighted by Crippen LogP contribution is -1.96. The van der Waals surface area contributed by atoms with Crippen LogP contribution < -0.4 is 5.73 Å². The Kier molecular flexibility index (Phi) is 4.11. The number of pyridine rings is 1. The quantitative estimate of drug-likeness (QED) is 0.872. The van der Waals surface area contributed by atoms with Crippen molar-refractivity contribution in [2.75, 3.05) is 5.75 Å². The summed E-state index contributed by atoms with van der Waals surface area (Å²) in [5.41, 5.74) is 7.17. The summed E-state index contributed by atoms with van der Waals surface area (Å²) in [4.78, 5) is 8.51. The molecule has 2 aromatic heterocycles. The third kappa shape index (κ3) is 3.04. The molecule has 0 unspecified atom stereocenters. The number of nitrogens with two attached hydrogens (primary N) is 1. The summed E-state index contributed by atoms with van der Waals surface area (Å²) < 4.78 is 5.15. The van der Waals surface area contributed by atoms with Crippen molar-refractivity contribution in [2.24, 2.45) is 5.73 Å². The van der Waals surface area contributed by atoms with Crippen LogP contribution in [0.2, 0.25) is 0 Å². The molecule has 0 saturated carbocycles. The van der Waals surface area contributed by atoms with Crippen molar-refractivity contribution < 1.29 is 4.52 Å².